The number of rotatable bonds is 2. The van der Waals surface area contributed by atoms with Crippen molar-refractivity contribution in [3.63, 3.8) is 0 Å². The highest BCUT2D eigenvalue weighted by atomic mass is 16.5. The number of hydrogen-bond acceptors (Lipinski definition) is 5. The van der Waals surface area contributed by atoms with Gasteiger partial charge >= 0.3 is 0 Å². The Morgan fingerprint density at radius 3 is 2.96 bits per heavy atom. The molecule has 2 heterocycles. The molecule has 2 aromatic carbocycles. The molecular formula is C21H18N4O. The molecule has 1 aliphatic carbocycles. The molecule has 4 aromatic rings. The van der Waals surface area contributed by atoms with E-state index in [9.17, 15) is 0 Å². The van der Waals surface area contributed by atoms with Crippen LogP contribution in [-0.4, -0.2) is 15.1 Å². The maximum absolute atomic E-state index is 6.21. The molecule has 0 spiro atoms. The fourth-order valence-electron chi connectivity index (χ4n) is 3.72. The summed E-state index contributed by atoms with van der Waals surface area (Å²) in [5.41, 5.74) is 10.4. The van der Waals surface area contributed by atoms with Gasteiger partial charge in [0.05, 0.1) is 0 Å². The van der Waals surface area contributed by atoms with Crippen LogP contribution in [0.4, 0.5) is 0 Å². The van der Waals surface area contributed by atoms with Gasteiger partial charge in [-0.05, 0) is 54.0 Å². The smallest absolute Gasteiger partial charge is 0.258 e. The lowest BCUT2D eigenvalue weighted by molar-refractivity contribution is 0.432. The third kappa shape index (κ3) is 2.48. The third-order valence-corrected chi connectivity index (χ3v) is 5.06. The summed E-state index contributed by atoms with van der Waals surface area (Å²) in [6.07, 6.45) is 4.98. The SMILES string of the molecule is NC1CCCc2cc(-c3nc(-c4nccc5ccccc45)no3)ccc21. The van der Waals surface area contributed by atoms with Gasteiger partial charge in [0.15, 0.2) is 0 Å². The van der Waals surface area contributed by atoms with E-state index in [0.29, 0.717) is 11.7 Å². The van der Waals surface area contributed by atoms with Gasteiger partial charge in [0.25, 0.3) is 5.89 Å². The number of nitrogens with two attached hydrogens (primary N) is 1. The van der Waals surface area contributed by atoms with E-state index in [1.807, 2.05) is 36.4 Å². The van der Waals surface area contributed by atoms with E-state index in [2.05, 4.69) is 27.3 Å². The van der Waals surface area contributed by atoms with E-state index in [1.165, 1.54) is 11.1 Å². The lowest BCUT2D eigenvalue weighted by Crippen LogP contribution is -2.17. The van der Waals surface area contributed by atoms with Crippen molar-refractivity contribution in [2.75, 3.05) is 0 Å². The van der Waals surface area contributed by atoms with Gasteiger partial charge in [-0.1, -0.05) is 35.5 Å². The second kappa shape index (κ2) is 6.04. The molecule has 5 rings (SSSR count). The minimum absolute atomic E-state index is 0.130. The zero-order valence-corrected chi connectivity index (χ0v) is 14.2. The number of aromatic nitrogens is 3. The minimum Gasteiger partial charge on any atom is -0.334 e. The second-order valence-electron chi connectivity index (χ2n) is 6.72. The van der Waals surface area contributed by atoms with Gasteiger partial charge in [-0.15, -0.1) is 0 Å². The highest BCUT2D eigenvalue weighted by molar-refractivity contribution is 5.92. The van der Waals surface area contributed by atoms with Crippen LogP contribution in [0, 0.1) is 0 Å². The normalized spacial score (nSPS) is 16.6. The Hall–Kier alpha value is -3.05. The quantitative estimate of drug-likeness (QED) is 0.588. The number of nitrogens with zero attached hydrogens (tertiary/aromatic N) is 3. The summed E-state index contributed by atoms with van der Waals surface area (Å²) >= 11 is 0. The molecule has 0 saturated carbocycles. The van der Waals surface area contributed by atoms with E-state index in [0.717, 1.165) is 41.3 Å². The molecule has 5 heteroatoms. The van der Waals surface area contributed by atoms with Crippen molar-refractivity contribution in [1.82, 2.24) is 15.1 Å². The highest BCUT2D eigenvalue weighted by Gasteiger charge is 2.19. The molecule has 1 atom stereocenters. The van der Waals surface area contributed by atoms with Crippen molar-refractivity contribution < 1.29 is 4.52 Å². The van der Waals surface area contributed by atoms with Crippen molar-refractivity contribution >= 4 is 10.8 Å². The monoisotopic (exact) mass is 342 g/mol. The first-order chi connectivity index (χ1) is 12.8. The molecule has 1 aliphatic rings. The Labute approximate surface area is 150 Å². The molecule has 2 aromatic heterocycles. The number of benzene rings is 2. The van der Waals surface area contributed by atoms with Gasteiger partial charge in [-0.3, -0.25) is 4.98 Å². The average Bonchev–Trinajstić information content (AvgIpc) is 3.17. The van der Waals surface area contributed by atoms with Crippen molar-refractivity contribution in [2.45, 2.75) is 25.3 Å². The summed E-state index contributed by atoms with van der Waals surface area (Å²) in [6.45, 7) is 0. The highest BCUT2D eigenvalue weighted by Crippen LogP contribution is 2.32. The van der Waals surface area contributed by atoms with Crippen LogP contribution in [0.2, 0.25) is 0 Å². The molecule has 0 fully saturated rings. The van der Waals surface area contributed by atoms with Crippen molar-refractivity contribution in [3.8, 4) is 23.0 Å². The summed E-state index contributed by atoms with van der Waals surface area (Å²) in [4.78, 5) is 9.06. The third-order valence-electron chi connectivity index (χ3n) is 5.06. The summed E-state index contributed by atoms with van der Waals surface area (Å²) < 4.78 is 5.54. The van der Waals surface area contributed by atoms with Crippen LogP contribution in [0.5, 0.6) is 0 Å². The predicted octanol–water partition coefficient (Wildman–Crippen LogP) is 4.29. The summed E-state index contributed by atoms with van der Waals surface area (Å²) in [6, 6.07) is 16.4. The number of aryl methyl sites for hydroxylation is 1. The van der Waals surface area contributed by atoms with E-state index in [-0.39, 0.29) is 6.04 Å². The molecule has 0 bridgehead atoms. The van der Waals surface area contributed by atoms with Crippen LogP contribution >= 0.6 is 0 Å². The van der Waals surface area contributed by atoms with Gasteiger partial charge in [-0.25, -0.2) is 0 Å². The lowest BCUT2D eigenvalue weighted by atomic mass is 9.87. The first kappa shape index (κ1) is 15.2. The van der Waals surface area contributed by atoms with E-state index in [1.54, 1.807) is 6.20 Å². The molecule has 0 saturated heterocycles. The van der Waals surface area contributed by atoms with Gasteiger partial charge < -0.3 is 10.3 Å². The Kier molecular flexibility index (Phi) is 3.53. The van der Waals surface area contributed by atoms with Gasteiger partial charge in [0, 0.05) is 23.2 Å². The van der Waals surface area contributed by atoms with Crippen LogP contribution < -0.4 is 5.73 Å². The van der Waals surface area contributed by atoms with Crippen LogP contribution in [-0.2, 0) is 6.42 Å². The minimum atomic E-state index is 0.130. The van der Waals surface area contributed by atoms with Crippen molar-refractivity contribution in [3.05, 3.63) is 65.9 Å². The fraction of sp³-hybridized carbons (Fsp3) is 0.190. The topological polar surface area (TPSA) is 77.8 Å². The Bertz CT molecular complexity index is 1100. The summed E-state index contributed by atoms with van der Waals surface area (Å²) in [5, 5.41) is 6.28. The van der Waals surface area contributed by atoms with Crippen LogP contribution in [0.1, 0.15) is 30.0 Å². The number of fused-ring (bicyclic) bond motifs is 2. The molecule has 0 radical (unpaired) electrons. The molecule has 0 aliphatic heterocycles. The van der Waals surface area contributed by atoms with E-state index >= 15 is 0 Å². The zero-order valence-electron chi connectivity index (χ0n) is 14.2. The lowest BCUT2D eigenvalue weighted by Gasteiger charge is -2.22. The molecule has 0 amide bonds. The Morgan fingerprint density at radius 1 is 1.08 bits per heavy atom. The average molecular weight is 342 g/mol. The van der Waals surface area contributed by atoms with Gasteiger partial charge in [-0.2, -0.15) is 4.98 Å². The molecule has 128 valence electrons. The summed E-state index contributed by atoms with van der Waals surface area (Å²) in [5.74, 6) is 1.02. The molecular weight excluding hydrogens is 324 g/mol. The van der Waals surface area contributed by atoms with Crippen molar-refractivity contribution in [1.29, 1.82) is 0 Å². The van der Waals surface area contributed by atoms with Gasteiger partial charge in [0.1, 0.15) is 5.69 Å². The predicted molar refractivity (Wildman–Crippen MR) is 100 cm³/mol. The van der Waals surface area contributed by atoms with Crippen LogP contribution in [0.15, 0.2) is 59.3 Å². The Morgan fingerprint density at radius 2 is 2.00 bits per heavy atom. The maximum atomic E-state index is 6.21. The second-order valence-corrected chi connectivity index (χ2v) is 6.72. The van der Waals surface area contributed by atoms with E-state index < -0.39 is 0 Å². The zero-order chi connectivity index (χ0) is 17.5. The summed E-state index contributed by atoms with van der Waals surface area (Å²) in [7, 11) is 0. The van der Waals surface area contributed by atoms with Crippen LogP contribution in [0.3, 0.4) is 0 Å². The number of hydrogen-bond donors (Lipinski definition) is 1. The Balaban J connectivity index is 1.56. The molecule has 1 unspecified atom stereocenters. The molecule has 2 N–H and O–H groups in total. The first-order valence-corrected chi connectivity index (χ1v) is 8.86. The van der Waals surface area contributed by atoms with Gasteiger partial charge in [0.2, 0.25) is 5.82 Å². The number of pyridine rings is 1. The molecule has 26 heavy (non-hydrogen) atoms. The fourth-order valence-corrected chi connectivity index (χ4v) is 3.72. The standard InChI is InChI=1S/C21H18N4O/c22-18-7-3-5-14-12-15(8-9-16(14)18)21-24-20(25-26-21)19-17-6-2-1-4-13(17)10-11-23-19/h1-2,4,6,8-12,18H,3,5,7,22H2. The molecule has 5 nitrogen and oxygen atoms in total. The van der Waals surface area contributed by atoms with Crippen molar-refractivity contribution in [2.24, 2.45) is 5.73 Å². The van der Waals surface area contributed by atoms with Crippen LogP contribution in [0.25, 0.3) is 33.7 Å². The first-order valence-electron chi connectivity index (χ1n) is 8.86. The maximum Gasteiger partial charge on any atom is 0.258 e. The largest absolute Gasteiger partial charge is 0.334 e. The van der Waals surface area contributed by atoms with E-state index in [4.69, 9.17) is 10.3 Å².